The molecule has 0 rings (SSSR count). The van der Waals surface area contributed by atoms with Crippen molar-refractivity contribution in [2.45, 2.75) is 26.2 Å². The summed E-state index contributed by atoms with van der Waals surface area (Å²) < 4.78 is 5.15. The fourth-order valence-electron chi connectivity index (χ4n) is 0.611. The van der Waals surface area contributed by atoms with Crippen molar-refractivity contribution < 1.29 is 4.74 Å². The number of ether oxygens (including phenoxy) is 1. The van der Waals surface area contributed by atoms with Crippen molar-refractivity contribution in [2.24, 2.45) is 0 Å². The van der Waals surface area contributed by atoms with Gasteiger partial charge < -0.3 is 4.74 Å². The second-order valence-electron chi connectivity index (χ2n) is 2.01. The highest BCUT2D eigenvalue weighted by Gasteiger charge is 1.85. The van der Waals surface area contributed by atoms with Gasteiger partial charge >= 0.3 is 0 Å². The first-order valence-electron chi connectivity index (χ1n) is 3.55. The van der Waals surface area contributed by atoms with Gasteiger partial charge in [-0.2, -0.15) is 0 Å². The molecular formula is C7H15ClO. The summed E-state index contributed by atoms with van der Waals surface area (Å²) in [5.41, 5.74) is 0. The van der Waals surface area contributed by atoms with Crippen LogP contribution in [0.5, 0.6) is 0 Å². The molecule has 9 heavy (non-hydrogen) atoms. The molecule has 0 saturated carbocycles. The molecule has 0 aromatic carbocycles. The van der Waals surface area contributed by atoms with Crippen LogP contribution < -0.4 is 0 Å². The fourth-order valence-corrected chi connectivity index (χ4v) is 0.720. The molecule has 0 aromatic rings. The SMILES string of the molecule is CCCCCOCCCl. The molecule has 0 bridgehead atoms. The Balaban J connectivity index is 2.60. The number of hydrogen-bond acceptors (Lipinski definition) is 1. The van der Waals surface area contributed by atoms with Crippen molar-refractivity contribution in [2.75, 3.05) is 19.1 Å². The summed E-state index contributed by atoms with van der Waals surface area (Å²) >= 11 is 5.39. The maximum atomic E-state index is 5.39. The van der Waals surface area contributed by atoms with Crippen LogP contribution in [-0.4, -0.2) is 19.1 Å². The smallest absolute Gasteiger partial charge is 0.0601 e. The maximum Gasteiger partial charge on any atom is 0.0601 e. The van der Waals surface area contributed by atoms with Gasteiger partial charge in [0, 0.05) is 12.5 Å². The average molecular weight is 151 g/mol. The molecule has 0 aromatic heterocycles. The Morgan fingerprint density at radius 2 is 2.00 bits per heavy atom. The average Bonchev–Trinajstić information content (AvgIpc) is 1.89. The predicted molar refractivity (Wildman–Crippen MR) is 41.1 cm³/mol. The summed E-state index contributed by atoms with van der Waals surface area (Å²) in [6.07, 6.45) is 3.69. The van der Waals surface area contributed by atoms with E-state index >= 15 is 0 Å². The van der Waals surface area contributed by atoms with Gasteiger partial charge in [0.05, 0.1) is 6.61 Å². The molecule has 0 radical (unpaired) electrons. The third-order valence-corrected chi connectivity index (χ3v) is 1.27. The molecule has 0 N–H and O–H groups in total. The first kappa shape index (κ1) is 9.25. The highest BCUT2D eigenvalue weighted by Crippen LogP contribution is 1.93. The van der Waals surface area contributed by atoms with Gasteiger partial charge in [-0.25, -0.2) is 0 Å². The Morgan fingerprint density at radius 1 is 1.22 bits per heavy atom. The lowest BCUT2D eigenvalue weighted by Crippen LogP contribution is -1.96. The van der Waals surface area contributed by atoms with Crippen LogP contribution in [0.4, 0.5) is 0 Å². The normalized spacial score (nSPS) is 10.0. The molecular weight excluding hydrogens is 136 g/mol. The highest BCUT2D eigenvalue weighted by molar-refractivity contribution is 6.17. The Morgan fingerprint density at radius 3 is 2.56 bits per heavy atom. The van der Waals surface area contributed by atoms with Crippen LogP contribution in [0.3, 0.4) is 0 Å². The molecule has 2 heteroatoms. The van der Waals surface area contributed by atoms with Gasteiger partial charge in [0.25, 0.3) is 0 Å². The van der Waals surface area contributed by atoms with Crippen molar-refractivity contribution in [3.63, 3.8) is 0 Å². The van der Waals surface area contributed by atoms with Crippen LogP contribution >= 0.6 is 11.6 Å². The molecule has 1 nitrogen and oxygen atoms in total. The van der Waals surface area contributed by atoms with Gasteiger partial charge in [0.15, 0.2) is 0 Å². The number of unbranched alkanes of at least 4 members (excludes halogenated alkanes) is 2. The van der Waals surface area contributed by atoms with E-state index in [4.69, 9.17) is 16.3 Å². The quantitative estimate of drug-likeness (QED) is 0.418. The van der Waals surface area contributed by atoms with E-state index in [1.165, 1.54) is 19.3 Å². The van der Waals surface area contributed by atoms with Gasteiger partial charge in [-0.3, -0.25) is 0 Å². The summed E-state index contributed by atoms with van der Waals surface area (Å²) in [6, 6.07) is 0. The molecule has 0 amide bonds. The molecule has 0 aliphatic carbocycles. The number of hydrogen-bond donors (Lipinski definition) is 0. The number of alkyl halides is 1. The number of rotatable bonds is 6. The fraction of sp³-hybridized carbons (Fsp3) is 1.00. The van der Waals surface area contributed by atoms with Crippen molar-refractivity contribution >= 4 is 11.6 Å². The molecule has 0 fully saturated rings. The van der Waals surface area contributed by atoms with Crippen molar-refractivity contribution in [1.82, 2.24) is 0 Å². The second kappa shape index (κ2) is 8.25. The zero-order valence-electron chi connectivity index (χ0n) is 6.03. The Hall–Kier alpha value is 0.250. The van der Waals surface area contributed by atoms with Gasteiger partial charge in [0.1, 0.15) is 0 Å². The molecule has 0 saturated heterocycles. The molecule has 0 atom stereocenters. The summed E-state index contributed by atoms with van der Waals surface area (Å²) in [4.78, 5) is 0. The van der Waals surface area contributed by atoms with Gasteiger partial charge in [0.2, 0.25) is 0 Å². The maximum absolute atomic E-state index is 5.39. The Labute approximate surface area is 62.3 Å². The second-order valence-corrected chi connectivity index (χ2v) is 2.39. The molecule has 56 valence electrons. The Kier molecular flexibility index (Phi) is 8.48. The van der Waals surface area contributed by atoms with Crippen LogP contribution in [-0.2, 0) is 4.74 Å². The number of halogens is 1. The third kappa shape index (κ3) is 8.25. The summed E-state index contributed by atoms with van der Waals surface area (Å²) in [5, 5.41) is 0. The minimum absolute atomic E-state index is 0.617. The standard InChI is InChI=1S/C7H15ClO/c1-2-3-4-6-9-7-5-8/h2-7H2,1H3. The van der Waals surface area contributed by atoms with E-state index < -0.39 is 0 Å². The van der Waals surface area contributed by atoms with E-state index in [1.54, 1.807) is 0 Å². The van der Waals surface area contributed by atoms with E-state index in [-0.39, 0.29) is 0 Å². The predicted octanol–water partition coefficient (Wildman–Crippen LogP) is 2.43. The monoisotopic (exact) mass is 150 g/mol. The molecule has 0 aliphatic heterocycles. The first-order chi connectivity index (χ1) is 4.41. The largest absolute Gasteiger partial charge is 0.380 e. The minimum atomic E-state index is 0.617. The van der Waals surface area contributed by atoms with Gasteiger partial charge in [-0.1, -0.05) is 19.8 Å². The van der Waals surface area contributed by atoms with Crippen LogP contribution in [0, 0.1) is 0 Å². The van der Waals surface area contributed by atoms with Crippen LogP contribution in [0.15, 0.2) is 0 Å². The first-order valence-corrected chi connectivity index (χ1v) is 4.09. The van der Waals surface area contributed by atoms with Crippen molar-refractivity contribution in [3.8, 4) is 0 Å². The summed E-state index contributed by atoms with van der Waals surface area (Å²) in [5.74, 6) is 0.617. The molecule has 0 unspecified atom stereocenters. The van der Waals surface area contributed by atoms with Crippen LogP contribution in [0.1, 0.15) is 26.2 Å². The Bertz CT molecular complexity index is 42.2. The minimum Gasteiger partial charge on any atom is -0.380 e. The van der Waals surface area contributed by atoms with E-state index in [1.807, 2.05) is 0 Å². The van der Waals surface area contributed by atoms with Crippen molar-refractivity contribution in [3.05, 3.63) is 0 Å². The van der Waals surface area contributed by atoms with E-state index in [0.717, 1.165) is 6.61 Å². The molecule has 0 aliphatic rings. The van der Waals surface area contributed by atoms with E-state index in [2.05, 4.69) is 6.92 Å². The molecule has 0 spiro atoms. The highest BCUT2D eigenvalue weighted by atomic mass is 35.5. The van der Waals surface area contributed by atoms with E-state index in [0.29, 0.717) is 12.5 Å². The third-order valence-electron chi connectivity index (χ3n) is 1.11. The van der Waals surface area contributed by atoms with Gasteiger partial charge in [-0.15, -0.1) is 11.6 Å². The van der Waals surface area contributed by atoms with Gasteiger partial charge in [-0.05, 0) is 6.42 Å². The van der Waals surface area contributed by atoms with Crippen LogP contribution in [0.25, 0.3) is 0 Å². The zero-order valence-corrected chi connectivity index (χ0v) is 6.78. The van der Waals surface area contributed by atoms with Crippen molar-refractivity contribution in [1.29, 1.82) is 0 Å². The summed E-state index contributed by atoms with van der Waals surface area (Å²) in [6.45, 7) is 3.76. The summed E-state index contributed by atoms with van der Waals surface area (Å²) in [7, 11) is 0. The van der Waals surface area contributed by atoms with Crippen LogP contribution in [0.2, 0.25) is 0 Å². The zero-order chi connectivity index (χ0) is 6.95. The lowest BCUT2D eigenvalue weighted by Gasteiger charge is -1.98. The lowest BCUT2D eigenvalue weighted by atomic mass is 10.3. The van der Waals surface area contributed by atoms with E-state index in [9.17, 15) is 0 Å². The molecule has 0 heterocycles. The topological polar surface area (TPSA) is 9.23 Å². The lowest BCUT2D eigenvalue weighted by molar-refractivity contribution is 0.145.